The Labute approximate surface area is 119 Å². The molecule has 0 fully saturated rings. The van der Waals surface area contributed by atoms with E-state index in [2.05, 4.69) is 22.6 Å². The Hall–Kier alpha value is -0.940. The van der Waals surface area contributed by atoms with Gasteiger partial charge in [0.15, 0.2) is 0 Å². The summed E-state index contributed by atoms with van der Waals surface area (Å²) in [6.45, 7) is 0.444. The van der Waals surface area contributed by atoms with E-state index in [4.69, 9.17) is 22.1 Å². The molecule has 0 radical (unpaired) electrons. The lowest BCUT2D eigenvalue weighted by molar-refractivity contribution is 0.306. The largest absolute Gasteiger partial charge is 0.489 e. The van der Waals surface area contributed by atoms with Gasteiger partial charge in [0.1, 0.15) is 12.4 Å². The van der Waals surface area contributed by atoms with Gasteiger partial charge in [0.2, 0.25) is 0 Å². The molecule has 0 aliphatic carbocycles. The number of anilines is 1. The van der Waals surface area contributed by atoms with Crippen LogP contribution in [-0.2, 0) is 6.61 Å². The number of halogens is 2. The zero-order chi connectivity index (χ0) is 12.3. The Morgan fingerprint density at radius 1 is 1.18 bits per heavy atom. The molecule has 0 amide bonds. The number of nitrogen functional groups attached to an aromatic ring is 1. The van der Waals surface area contributed by atoms with Crippen LogP contribution in [0.3, 0.4) is 0 Å². The highest BCUT2D eigenvalue weighted by atomic mass is 127. The Balaban J connectivity index is 2.07. The molecular weight excluding hydrogens is 349 g/mol. The molecule has 2 aromatic carbocycles. The van der Waals surface area contributed by atoms with Crippen molar-refractivity contribution in [2.75, 3.05) is 5.73 Å². The maximum absolute atomic E-state index is 6.07. The second-order valence-electron chi connectivity index (χ2n) is 3.60. The van der Waals surface area contributed by atoms with Crippen molar-refractivity contribution >= 4 is 39.9 Å². The Kier molecular flexibility index (Phi) is 4.12. The average molecular weight is 360 g/mol. The summed E-state index contributed by atoms with van der Waals surface area (Å²) in [5.41, 5.74) is 7.22. The number of hydrogen-bond acceptors (Lipinski definition) is 2. The normalized spacial score (nSPS) is 10.2. The average Bonchev–Trinajstić information content (AvgIpc) is 2.28. The standard InChI is InChI=1S/C13H11ClINO/c14-13-7-11(16)5-4-9(13)8-17-12-3-1-2-10(15)6-12/h1-7H,8,16H2. The van der Waals surface area contributed by atoms with Crippen molar-refractivity contribution in [2.24, 2.45) is 0 Å². The lowest BCUT2D eigenvalue weighted by atomic mass is 10.2. The molecule has 2 aromatic rings. The third-order valence-corrected chi connectivity index (χ3v) is 3.29. The molecule has 0 saturated heterocycles. The maximum Gasteiger partial charge on any atom is 0.120 e. The van der Waals surface area contributed by atoms with Gasteiger partial charge < -0.3 is 10.5 Å². The van der Waals surface area contributed by atoms with Gasteiger partial charge in [-0.3, -0.25) is 0 Å². The van der Waals surface area contributed by atoms with Crippen molar-refractivity contribution in [1.29, 1.82) is 0 Å². The van der Waals surface area contributed by atoms with E-state index in [9.17, 15) is 0 Å². The molecule has 0 unspecified atom stereocenters. The van der Waals surface area contributed by atoms with E-state index in [-0.39, 0.29) is 0 Å². The SMILES string of the molecule is Nc1ccc(COc2cccc(I)c2)c(Cl)c1. The molecule has 88 valence electrons. The monoisotopic (exact) mass is 359 g/mol. The van der Waals surface area contributed by atoms with Gasteiger partial charge in [-0.15, -0.1) is 0 Å². The summed E-state index contributed by atoms with van der Waals surface area (Å²) in [4.78, 5) is 0. The van der Waals surface area contributed by atoms with Crippen molar-refractivity contribution in [1.82, 2.24) is 0 Å². The van der Waals surface area contributed by atoms with Crippen molar-refractivity contribution in [3.05, 3.63) is 56.6 Å². The zero-order valence-corrected chi connectivity index (χ0v) is 11.9. The predicted octanol–water partition coefficient (Wildman–Crippen LogP) is 4.11. The number of ether oxygens (including phenoxy) is 1. The molecule has 0 aromatic heterocycles. The van der Waals surface area contributed by atoms with Crippen LogP contribution in [0.5, 0.6) is 5.75 Å². The van der Waals surface area contributed by atoms with E-state index in [1.165, 1.54) is 0 Å². The minimum Gasteiger partial charge on any atom is -0.489 e. The molecular formula is C13H11ClINO. The third-order valence-electron chi connectivity index (χ3n) is 2.27. The third kappa shape index (κ3) is 3.51. The van der Waals surface area contributed by atoms with E-state index >= 15 is 0 Å². The number of benzene rings is 2. The molecule has 2 N–H and O–H groups in total. The van der Waals surface area contributed by atoms with Crippen molar-refractivity contribution in [3.8, 4) is 5.75 Å². The van der Waals surface area contributed by atoms with Gasteiger partial charge in [0, 0.05) is 19.8 Å². The Bertz CT molecular complexity index is 531. The van der Waals surface area contributed by atoms with Gasteiger partial charge in [-0.05, 0) is 52.9 Å². The van der Waals surface area contributed by atoms with Gasteiger partial charge in [-0.1, -0.05) is 23.7 Å². The van der Waals surface area contributed by atoms with Crippen LogP contribution in [0, 0.1) is 3.57 Å². The predicted molar refractivity (Wildman–Crippen MR) is 79.4 cm³/mol. The van der Waals surface area contributed by atoms with Crippen LogP contribution in [0.15, 0.2) is 42.5 Å². The fourth-order valence-electron chi connectivity index (χ4n) is 1.40. The van der Waals surface area contributed by atoms with Crippen LogP contribution in [0.4, 0.5) is 5.69 Å². The molecule has 0 saturated carbocycles. The van der Waals surface area contributed by atoms with Gasteiger partial charge in [-0.2, -0.15) is 0 Å². The minimum atomic E-state index is 0.444. The summed E-state index contributed by atoms with van der Waals surface area (Å²) in [6.07, 6.45) is 0. The van der Waals surface area contributed by atoms with Crippen molar-refractivity contribution < 1.29 is 4.74 Å². The van der Waals surface area contributed by atoms with Crippen LogP contribution >= 0.6 is 34.2 Å². The van der Waals surface area contributed by atoms with Crippen LogP contribution in [0.2, 0.25) is 5.02 Å². The first-order valence-electron chi connectivity index (χ1n) is 5.07. The van der Waals surface area contributed by atoms with Crippen LogP contribution < -0.4 is 10.5 Å². The number of rotatable bonds is 3. The molecule has 0 spiro atoms. The molecule has 2 rings (SSSR count). The highest BCUT2D eigenvalue weighted by Crippen LogP contribution is 2.22. The number of hydrogen-bond donors (Lipinski definition) is 1. The summed E-state index contributed by atoms with van der Waals surface area (Å²) >= 11 is 8.31. The molecule has 0 heterocycles. The lowest BCUT2D eigenvalue weighted by Crippen LogP contribution is -1.97. The van der Waals surface area contributed by atoms with Crippen molar-refractivity contribution in [3.63, 3.8) is 0 Å². The molecule has 17 heavy (non-hydrogen) atoms. The second-order valence-corrected chi connectivity index (χ2v) is 5.25. The summed E-state index contributed by atoms with van der Waals surface area (Å²) < 4.78 is 6.81. The fraction of sp³-hybridized carbons (Fsp3) is 0.0769. The summed E-state index contributed by atoms with van der Waals surface area (Å²) in [6, 6.07) is 13.3. The quantitative estimate of drug-likeness (QED) is 0.661. The topological polar surface area (TPSA) is 35.2 Å². The van der Waals surface area contributed by atoms with E-state index < -0.39 is 0 Å². The Morgan fingerprint density at radius 2 is 2.00 bits per heavy atom. The van der Waals surface area contributed by atoms with Crippen LogP contribution in [0.1, 0.15) is 5.56 Å². The zero-order valence-electron chi connectivity index (χ0n) is 8.99. The lowest BCUT2D eigenvalue weighted by Gasteiger charge is -2.08. The van der Waals surface area contributed by atoms with E-state index in [0.29, 0.717) is 17.3 Å². The summed E-state index contributed by atoms with van der Waals surface area (Å²) in [7, 11) is 0. The molecule has 0 bridgehead atoms. The first-order valence-corrected chi connectivity index (χ1v) is 6.53. The smallest absolute Gasteiger partial charge is 0.120 e. The first kappa shape index (κ1) is 12.5. The van der Waals surface area contributed by atoms with Gasteiger partial charge in [0.25, 0.3) is 0 Å². The fourth-order valence-corrected chi connectivity index (χ4v) is 2.16. The highest BCUT2D eigenvalue weighted by Gasteiger charge is 2.02. The molecule has 4 heteroatoms. The molecule has 0 atom stereocenters. The summed E-state index contributed by atoms with van der Waals surface area (Å²) in [5, 5.41) is 0.635. The Morgan fingerprint density at radius 3 is 2.71 bits per heavy atom. The van der Waals surface area contributed by atoms with E-state index in [1.54, 1.807) is 6.07 Å². The second kappa shape index (κ2) is 5.60. The van der Waals surface area contributed by atoms with Gasteiger partial charge in [0.05, 0.1) is 0 Å². The first-order chi connectivity index (χ1) is 8.15. The molecule has 2 nitrogen and oxygen atoms in total. The van der Waals surface area contributed by atoms with E-state index in [0.717, 1.165) is 14.9 Å². The summed E-state index contributed by atoms with van der Waals surface area (Å²) in [5.74, 6) is 0.838. The van der Waals surface area contributed by atoms with Crippen LogP contribution in [0.25, 0.3) is 0 Å². The maximum atomic E-state index is 6.07. The minimum absolute atomic E-state index is 0.444. The van der Waals surface area contributed by atoms with Crippen LogP contribution in [-0.4, -0.2) is 0 Å². The number of nitrogens with two attached hydrogens (primary N) is 1. The van der Waals surface area contributed by atoms with E-state index in [1.807, 2.05) is 36.4 Å². The highest BCUT2D eigenvalue weighted by molar-refractivity contribution is 14.1. The van der Waals surface area contributed by atoms with Gasteiger partial charge >= 0.3 is 0 Å². The van der Waals surface area contributed by atoms with Gasteiger partial charge in [-0.25, -0.2) is 0 Å². The molecule has 0 aliphatic heterocycles. The van der Waals surface area contributed by atoms with Crippen molar-refractivity contribution in [2.45, 2.75) is 6.61 Å². The molecule has 0 aliphatic rings.